The molecule has 1 aliphatic rings. The van der Waals surface area contributed by atoms with Crippen LogP contribution < -0.4 is 19.5 Å². The van der Waals surface area contributed by atoms with Gasteiger partial charge >= 0.3 is 0 Å². The number of aromatic nitrogens is 2. The van der Waals surface area contributed by atoms with Gasteiger partial charge in [0.2, 0.25) is 5.88 Å². The Bertz CT molecular complexity index is 1520. The lowest BCUT2D eigenvalue weighted by Crippen LogP contribution is -2.16. The summed E-state index contributed by atoms with van der Waals surface area (Å²) in [6, 6.07) is 28.4. The van der Waals surface area contributed by atoms with Gasteiger partial charge in [-0.15, -0.1) is 0 Å². The number of hydrogen-bond acceptors (Lipinski definition) is 6. The van der Waals surface area contributed by atoms with Gasteiger partial charge in [-0.25, -0.2) is 9.97 Å². The highest BCUT2D eigenvalue weighted by Crippen LogP contribution is 2.51. The standard InChI is InChI=1S/C29H23N3O3/c1-33-21-12-7-19(8-13-21)25-26-23-6-4-3-5-18(23)9-16-24(26)35-29-27(25)28(30-17-31-29)32-20-10-14-22(34-2)15-11-20/h3-17,25H,1-2H3,(H,30,31,32). The first kappa shape index (κ1) is 21.0. The minimum absolute atomic E-state index is 0.146. The Hall–Kier alpha value is -4.58. The summed E-state index contributed by atoms with van der Waals surface area (Å²) < 4.78 is 17.1. The van der Waals surface area contributed by atoms with Gasteiger partial charge in [0.1, 0.15) is 29.4 Å². The maximum atomic E-state index is 6.36. The molecule has 1 atom stereocenters. The number of benzene rings is 4. The van der Waals surface area contributed by atoms with Crippen molar-refractivity contribution in [1.82, 2.24) is 9.97 Å². The minimum atomic E-state index is -0.146. The number of nitrogens with zero attached hydrogens (tertiary/aromatic N) is 2. The first-order valence-corrected chi connectivity index (χ1v) is 11.3. The third-order valence-electron chi connectivity index (χ3n) is 6.36. The van der Waals surface area contributed by atoms with Crippen LogP contribution >= 0.6 is 0 Å². The van der Waals surface area contributed by atoms with E-state index in [-0.39, 0.29) is 5.92 Å². The predicted molar refractivity (Wildman–Crippen MR) is 136 cm³/mol. The second kappa shape index (κ2) is 8.65. The molecule has 1 aromatic heterocycles. The number of fused-ring (bicyclic) bond motifs is 4. The molecule has 2 heterocycles. The molecule has 0 amide bonds. The van der Waals surface area contributed by atoms with Crippen LogP contribution in [0.1, 0.15) is 22.6 Å². The van der Waals surface area contributed by atoms with Crippen LogP contribution in [0.25, 0.3) is 10.8 Å². The molecular weight excluding hydrogens is 438 g/mol. The average molecular weight is 462 g/mol. The van der Waals surface area contributed by atoms with Crippen LogP contribution in [0.5, 0.6) is 23.1 Å². The molecule has 1 unspecified atom stereocenters. The van der Waals surface area contributed by atoms with Gasteiger partial charge in [0.25, 0.3) is 0 Å². The lowest BCUT2D eigenvalue weighted by Gasteiger charge is -2.30. The monoisotopic (exact) mass is 461 g/mol. The molecule has 5 aromatic rings. The first-order chi connectivity index (χ1) is 17.2. The number of methoxy groups -OCH3 is 2. The molecule has 0 spiro atoms. The van der Waals surface area contributed by atoms with Crippen molar-refractivity contribution in [3.05, 3.63) is 108 Å². The van der Waals surface area contributed by atoms with E-state index in [1.54, 1.807) is 14.2 Å². The third-order valence-corrected chi connectivity index (χ3v) is 6.36. The molecule has 0 saturated carbocycles. The van der Waals surface area contributed by atoms with E-state index < -0.39 is 0 Å². The van der Waals surface area contributed by atoms with Gasteiger partial charge < -0.3 is 19.5 Å². The average Bonchev–Trinajstić information content (AvgIpc) is 2.92. The normalized spacial score (nSPS) is 13.9. The van der Waals surface area contributed by atoms with Gasteiger partial charge in [-0.05, 0) is 58.8 Å². The Morgan fingerprint density at radius 1 is 0.743 bits per heavy atom. The van der Waals surface area contributed by atoms with Crippen LogP contribution in [0.4, 0.5) is 11.5 Å². The summed E-state index contributed by atoms with van der Waals surface area (Å²) in [7, 11) is 3.33. The van der Waals surface area contributed by atoms with Crippen molar-refractivity contribution in [1.29, 1.82) is 0 Å². The molecule has 0 aliphatic carbocycles. The highest BCUT2D eigenvalue weighted by atomic mass is 16.5. The van der Waals surface area contributed by atoms with Crippen LogP contribution in [0, 0.1) is 0 Å². The van der Waals surface area contributed by atoms with E-state index in [0.717, 1.165) is 50.4 Å². The van der Waals surface area contributed by atoms with Crippen LogP contribution in [-0.2, 0) is 0 Å². The molecule has 4 aromatic carbocycles. The maximum Gasteiger partial charge on any atom is 0.228 e. The second-order valence-corrected chi connectivity index (χ2v) is 8.30. The number of nitrogens with one attached hydrogen (secondary N) is 1. The van der Waals surface area contributed by atoms with E-state index in [1.165, 1.54) is 6.33 Å². The molecule has 35 heavy (non-hydrogen) atoms. The molecule has 0 saturated heterocycles. The van der Waals surface area contributed by atoms with Gasteiger partial charge in [-0.1, -0.05) is 42.5 Å². The summed E-state index contributed by atoms with van der Waals surface area (Å²) in [4.78, 5) is 9.15. The zero-order valence-corrected chi connectivity index (χ0v) is 19.4. The minimum Gasteiger partial charge on any atom is -0.497 e. The quantitative estimate of drug-likeness (QED) is 0.309. The summed E-state index contributed by atoms with van der Waals surface area (Å²) in [5, 5.41) is 5.76. The summed E-state index contributed by atoms with van der Waals surface area (Å²) in [6.07, 6.45) is 1.53. The van der Waals surface area contributed by atoms with Crippen LogP contribution in [0.15, 0.2) is 91.3 Å². The van der Waals surface area contributed by atoms with Gasteiger partial charge in [-0.2, -0.15) is 0 Å². The number of anilines is 2. The summed E-state index contributed by atoms with van der Waals surface area (Å²) in [5.74, 6) is 3.48. The highest BCUT2D eigenvalue weighted by molar-refractivity contribution is 5.90. The summed E-state index contributed by atoms with van der Waals surface area (Å²) in [6.45, 7) is 0. The molecule has 0 bridgehead atoms. The van der Waals surface area contributed by atoms with E-state index in [9.17, 15) is 0 Å². The Morgan fingerprint density at radius 3 is 2.20 bits per heavy atom. The fourth-order valence-electron chi connectivity index (χ4n) is 4.67. The van der Waals surface area contributed by atoms with Gasteiger partial charge in [0, 0.05) is 17.2 Å². The maximum absolute atomic E-state index is 6.36. The number of rotatable bonds is 5. The molecule has 1 aliphatic heterocycles. The zero-order chi connectivity index (χ0) is 23.8. The van der Waals surface area contributed by atoms with Crippen molar-refractivity contribution in [2.24, 2.45) is 0 Å². The highest BCUT2D eigenvalue weighted by Gasteiger charge is 2.34. The third kappa shape index (κ3) is 3.69. The number of hydrogen-bond donors (Lipinski definition) is 1. The SMILES string of the molecule is COc1ccc(Nc2ncnc3c2C(c2ccc(OC)cc2)c2c(ccc4ccccc24)O3)cc1. The van der Waals surface area contributed by atoms with Crippen molar-refractivity contribution < 1.29 is 14.2 Å². The summed E-state index contributed by atoms with van der Waals surface area (Å²) in [5.41, 5.74) is 3.97. The fraction of sp³-hybridized carbons (Fsp3) is 0.103. The van der Waals surface area contributed by atoms with Gasteiger partial charge in [-0.3, -0.25) is 0 Å². The van der Waals surface area contributed by atoms with Crippen molar-refractivity contribution in [3.63, 3.8) is 0 Å². The Morgan fingerprint density at radius 2 is 1.46 bits per heavy atom. The number of ether oxygens (including phenoxy) is 3. The first-order valence-electron chi connectivity index (χ1n) is 11.3. The molecule has 172 valence electrons. The largest absolute Gasteiger partial charge is 0.497 e. The van der Waals surface area contributed by atoms with Crippen molar-refractivity contribution in [3.8, 4) is 23.1 Å². The zero-order valence-electron chi connectivity index (χ0n) is 19.4. The van der Waals surface area contributed by atoms with E-state index in [0.29, 0.717) is 11.7 Å². The molecule has 0 fully saturated rings. The van der Waals surface area contributed by atoms with Crippen LogP contribution in [0.3, 0.4) is 0 Å². The van der Waals surface area contributed by atoms with Crippen LogP contribution in [-0.4, -0.2) is 24.2 Å². The molecule has 1 N–H and O–H groups in total. The molecule has 6 heteroatoms. The Labute approximate surface area is 203 Å². The van der Waals surface area contributed by atoms with Crippen molar-refractivity contribution >= 4 is 22.3 Å². The predicted octanol–water partition coefficient (Wildman–Crippen LogP) is 6.68. The molecule has 0 radical (unpaired) electrons. The topological polar surface area (TPSA) is 65.5 Å². The van der Waals surface area contributed by atoms with E-state index in [1.807, 2.05) is 42.5 Å². The Kier molecular flexibility index (Phi) is 5.19. The van der Waals surface area contributed by atoms with E-state index in [4.69, 9.17) is 14.2 Å². The van der Waals surface area contributed by atoms with Crippen molar-refractivity contribution in [2.45, 2.75) is 5.92 Å². The van der Waals surface area contributed by atoms with E-state index >= 15 is 0 Å². The fourth-order valence-corrected chi connectivity index (χ4v) is 4.67. The molecule has 6 rings (SSSR count). The second-order valence-electron chi connectivity index (χ2n) is 8.30. The van der Waals surface area contributed by atoms with Crippen molar-refractivity contribution in [2.75, 3.05) is 19.5 Å². The molecular formula is C29H23N3O3. The molecule has 6 nitrogen and oxygen atoms in total. The van der Waals surface area contributed by atoms with E-state index in [2.05, 4.69) is 57.7 Å². The smallest absolute Gasteiger partial charge is 0.228 e. The Balaban J connectivity index is 1.56. The lowest BCUT2D eigenvalue weighted by molar-refractivity contribution is 0.414. The van der Waals surface area contributed by atoms with Gasteiger partial charge in [0.15, 0.2) is 0 Å². The summed E-state index contributed by atoms with van der Waals surface area (Å²) >= 11 is 0. The van der Waals surface area contributed by atoms with Gasteiger partial charge in [0.05, 0.1) is 19.8 Å². The lowest BCUT2D eigenvalue weighted by atomic mass is 9.81. The van der Waals surface area contributed by atoms with Crippen LogP contribution in [0.2, 0.25) is 0 Å².